The predicted octanol–water partition coefficient (Wildman–Crippen LogP) is 2.85. The van der Waals surface area contributed by atoms with Crippen molar-refractivity contribution in [3.8, 4) is 5.75 Å². The van der Waals surface area contributed by atoms with Crippen molar-refractivity contribution in [2.24, 2.45) is 11.0 Å². The molecule has 0 aromatic heterocycles. The highest BCUT2D eigenvalue weighted by molar-refractivity contribution is 7.89. The molecule has 156 valence electrons. The van der Waals surface area contributed by atoms with Crippen molar-refractivity contribution in [1.29, 1.82) is 0 Å². The number of benzene rings is 2. The monoisotopic (exact) mass is 417 g/mol. The van der Waals surface area contributed by atoms with E-state index in [1.54, 1.807) is 37.4 Å². The number of hydrogen-bond donors (Lipinski definition) is 2. The Morgan fingerprint density at radius 2 is 1.86 bits per heavy atom. The minimum absolute atomic E-state index is 0.105. The van der Waals surface area contributed by atoms with Crippen LogP contribution in [-0.2, 0) is 14.8 Å². The highest BCUT2D eigenvalue weighted by Gasteiger charge is 2.26. The fourth-order valence-electron chi connectivity index (χ4n) is 2.62. The van der Waals surface area contributed by atoms with E-state index < -0.39 is 22.0 Å². The summed E-state index contributed by atoms with van der Waals surface area (Å²) in [6.45, 7) is 5.71. The van der Waals surface area contributed by atoms with Crippen LogP contribution in [0.25, 0.3) is 0 Å². The molecule has 0 saturated heterocycles. The van der Waals surface area contributed by atoms with Crippen LogP contribution in [0.15, 0.2) is 58.5 Å². The number of sulfonamides is 1. The molecule has 2 aromatic carbocycles. The number of ether oxygens (including phenoxy) is 1. The number of nitrogens with one attached hydrogen (secondary N) is 2. The van der Waals surface area contributed by atoms with Gasteiger partial charge in [0.1, 0.15) is 11.8 Å². The van der Waals surface area contributed by atoms with Crippen LogP contribution in [0.4, 0.5) is 0 Å². The van der Waals surface area contributed by atoms with Gasteiger partial charge < -0.3 is 4.74 Å². The van der Waals surface area contributed by atoms with Gasteiger partial charge in [-0.3, -0.25) is 4.79 Å². The smallest absolute Gasteiger partial charge is 0.258 e. The lowest BCUT2D eigenvalue weighted by atomic mass is 10.0. The first-order valence-corrected chi connectivity index (χ1v) is 10.8. The summed E-state index contributed by atoms with van der Waals surface area (Å²) >= 11 is 0. The minimum Gasteiger partial charge on any atom is -0.497 e. The van der Waals surface area contributed by atoms with Gasteiger partial charge in [0.05, 0.1) is 18.2 Å². The Bertz CT molecular complexity index is 954. The molecule has 0 bridgehead atoms. The molecule has 0 radical (unpaired) electrons. The Kier molecular flexibility index (Phi) is 7.92. The lowest BCUT2D eigenvalue weighted by Crippen LogP contribution is -2.46. The third kappa shape index (κ3) is 6.99. The van der Waals surface area contributed by atoms with E-state index in [2.05, 4.69) is 15.2 Å². The first-order valence-electron chi connectivity index (χ1n) is 9.27. The number of nitrogens with zero attached hydrogens (tertiary/aromatic N) is 1. The van der Waals surface area contributed by atoms with Crippen LogP contribution in [0.5, 0.6) is 5.75 Å². The molecule has 2 N–H and O–H groups in total. The molecule has 29 heavy (non-hydrogen) atoms. The van der Waals surface area contributed by atoms with Gasteiger partial charge in [0, 0.05) is 0 Å². The van der Waals surface area contributed by atoms with Gasteiger partial charge in [-0.1, -0.05) is 43.7 Å². The van der Waals surface area contributed by atoms with Crippen LogP contribution in [0.3, 0.4) is 0 Å². The summed E-state index contributed by atoms with van der Waals surface area (Å²) in [4.78, 5) is 12.7. The molecule has 0 heterocycles. The minimum atomic E-state index is -3.83. The fraction of sp³-hybridized carbons (Fsp3) is 0.333. The maximum atomic E-state index is 12.7. The third-order valence-corrected chi connectivity index (χ3v) is 5.62. The Hall–Kier alpha value is -2.71. The standard InChI is InChI=1S/C21H27N3O4S/c1-15(2)12-20(24-29(26,27)19-10-8-16(3)9-11-19)21(25)23-22-14-17-6-5-7-18(13-17)28-4/h5-11,13-15,20,24H,12H2,1-4H3,(H,23,25)/b22-14-/t20-/m0/s1. The molecule has 0 aliphatic heterocycles. The van der Waals surface area contributed by atoms with E-state index in [9.17, 15) is 13.2 Å². The normalized spacial score (nSPS) is 12.9. The number of aryl methyl sites for hydroxylation is 1. The summed E-state index contributed by atoms with van der Waals surface area (Å²) < 4.78 is 33.0. The number of amides is 1. The number of hydrazone groups is 1. The van der Waals surface area contributed by atoms with Crippen molar-refractivity contribution >= 4 is 22.1 Å². The van der Waals surface area contributed by atoms with Gasteiger partial charge in [0.25, 0.3) is 5.91 Å². The summed E-state index contributed by atoms with van der Waals surface area (Å²) in [6.07, 6.45) is 1.81. The molecule has 0 saturated carbocycles. The number of carbonyl (C=O) groups is 1. The maximum Gasteiger partial charge on any atom is 0.258 e. The average molecular weight is 418 g/mol. The van der Waals surface area contributed by atoms with Gasteiger partial charge in [0.2, 0.25) is 10.0 Å². The van der Waals surface area contributed by atoms with Crippen LogP contribution >= 0.6 is 0 Å². The number of hydrogen-bond acceptors (Lipinski definition) is 5. The summed E-state index contributed by atoms with van der Waals surface area (Å²) in [5.41, 5.74) is 4.11. The summed E-state index contributed by atoms with van der Waals surface area (Å²) in [7, 11) is -2.27. The molecule has 2 rings (SSSR count). The molecule has 0 spiro atoms. The van der Waals surface area contributed by atoms with Gasteiger partial charge in [-0.15, -0.1) is 0 Å². The van der Waals surface area contributed by atoms with Crippen LogP contribution in [0.1, 0.15) is 31.4 Å². The molecular formula is C21H27N3O4S. The molecule has 0 fully saturated rings. The van der Waals surface area contributed by atoms with E-state index in [0.29, 0.717) is 12.2 Å². The third-order valence-electron chi connectivity index (χ3n) is 4.13. The van der Waals surface area contributed by atoms with E-state index in [-0.39, 0.29) is 10.8 Å². The SMILES string of the molecule is COc1cccc(/C=N\NC(=O)[C@H](CC(C)C)NS(=O)(=O)c2ccc(C)cc2)c1. The van der Waals surface area contributed by atoms with Gasteiger partial charge in [-0.25, -0.2) is 13.8 Å². The summed E-state index contributed by atoms with van der Waals surface area (Å²) in [6, 6.07) is 12.7. The molecule has 0 unspecified atom stereocenters. The van der Waals surface area contributed by atoms with E-state index in [4.69, 9.17) is 4.74 Å². The van der Waals surface area contributed by atoms with Gasteiger partial charge >= 0.3 is 0 Å². The summed E-state index contributed by atoms with van der Waals surface area (Å²) in [5.74, 6) is 0.256. The van der Waals surface area contributed by atoms with Crippen LogP contribution in [0, 0.1) is 12.8 Å². The molecule has 8 heteroatoms. The van der Waals surface area contributed by atoms with Crippen LogP contribution in [-0.4, -0.2) is 33.7 Å². The van der Waals surface area contributed by atoms with Crippen molar-refractivity contribution in [3.63, 3.8) is 0 Å². The second-order valence-electron chi connectivity index (χ2n) is 7.13. The highest BCUT2D eigenvalue weighted by Crippen LogP contribution is 2.14. The topological polar surface area (TPSA) is 96.9 Å². The fourth-order valence-corrected chi connectivity index (χ4v) is 3.83. The van der Waals surface area contributed by atoms with Gasteiger partial charge in [-0.2, -0.15) is 9.82 Å². The Morgan fingerprint density at radius 3 is 2.48 bits per heavy atom. The lowest BCUT2D eigenvalue weighted by molar-refractivity contribution is -0.123. The maximum absolute atomic E-state index is 12.7. The average Bonchev–Trinajstić information content (AvgIpc) is 2.67. The number of rotatable bonds is 9. The largest absolute Gasteiger partial charge is 0.497 e. The molecule has 0 aliphatic rings. The van der Waals surface area contributed by atoms with Crippen molar-refractivity contribution in [3.05, 3.63) is 59.7 Å². The quantitative estimate of drug-likeness (QED) is 0.484. The zero-order valence-corrected chi connectivity index (χ0v) is 17.9. The molecular weight excluding hydrogens is 390 g/mol. The van der Waals surface area contributed by atoms with E-state index in [1.807, 2.05) is 26.8 Å². The van der Waals surface area contributed by atoms with E-state index >= 15 is 0 Å². The van der Waals surface area contributed by atoms with Crippen LogP contribution in [0.2, 0.25) is 0 Å². The van der Waals surface area contributed by atoms with E-state index in [1.165, 1.54) is 18.3 Å². The Labute approximate surface area is 172 Å². The molecule has 1 amide bonds. The number of methoxy groups -OCH3 is 1. The molecule has 7 nitrogen and oxygen atoms in total. The Morgan fingerprint density at radius 1 is 1.17 bits per heavy atom. The van der Waals surface area contributed by atoms with Crippen molar-refractivity contribution < 1.29 is 17.9 Å². The van der Waals surface area contributed by atoms with Crippen molar-refractivity contribution in [2.75, 3.05) is 7.11 Å². The second kappa shape index (κ2) is 10.2. The Balaban J connectivity index is 2.10. The van der Waals surface area contributed by atoms with E-state index in [0.717, 1.165) is 11.1 Å². The first kappa shape index (κ1) is 22.6. The summed E-state index contributed by atoms with van der Waals surface area (Å²) in [5, 5.41) is 3.94. The van der Waals surface area contributed by atoms with Gasteiger partial charge in [0.15, 0.2) is 0 Å². The number of carbonyl (C=O) groups excluding carboxylic acids is 1. The zero-order chi connectivity index (χ0) is 21.4. The first-order chi connectivity index (χ1) is 13.7. The molecule has 2 aromatic rings. The highest BCUT2D eigenvalue weighted by atomic mass is 32.2. The molecule has 0 aliphatic carbocycles. The lowest BCUT2D eigenvalue weighted by Gasteiger charge is -2.19. The second-order valence-corrected chi connectivity index (χ2v) is 8.84. The van der Waals surface area contributed by atoms with Crippen molar-refractivity contribution in [1.82, 2.24) is 10.1 Å². The zero-order valence-electron chi connectivity index (χ0n) is 17.0. The van der Waals surface area contributed by atoms with Crippen LogP contribution < -0.4 is 14.9 Å². The predicted molar refractivity (Wildman–Crippen MR) is 113 cm³/mol. The van der Waals surface area contributed by atoms with Gasteiger partial charge in [-0.05, 0) is 49.1 Å². The molecule has 1 atom stereocenters. The van der Waals surface area contributed by atoms with Crippen molar-refractivity contribution in [2.45, 2.75) is 38.1 Å².